The Balaban J connectivity index is 2.12. The summed E-state index contributed by atoms with van der Waals surface area (Å²) in [6.45, 7) is 0.731. The van der Waals surface area contributed by atoms with E-state index in [1.807, 2.05) is 0 Å². The van der Waals surface area contributed by atoms with Crippen LogP contribution in [0.4, 0.5) is 0 Å². The van der Waals surface area contributed by atoms with E-state index >= 15 is 0 Å². The van der Waals surface area contributed by atoms with Gasteiger partial charge in [-0.05, 0) is 44.1 Å². The van der Waals surface area contributed by atoms with Gasteiger partial charge in [0.15, 0.2) is 5.79 Å². The molecule has 2 aliphatic carbocycles. The van der Waals surface area contributed by atoms with Gasteiger partial charge >= 0.3 is 0 Å². The van der Waals surface area contributed by atoms with Crippen molar-refractivity contribution >= 4 is 0 Å². The Labute approximate surface area is 105 Å². The summed E-state index contributed by atoms with van der Waals surface area (Å²) in [5.41, 5.74) is 6.35. The van der Waals surface area contributed by atoms with Crippen LogP contribution in [-0.4, -0.2) is 26.6 Å². The lowest BCUT2D eigenvalue weighted by Crippen LogP contribution is -2.49. The molecule has 3 nitrogen and oxygen atoms in total. The zero-order valence-electron chi connectivity index (χ0n) is 11.3. The summed E-state index contributed by atoms with van der Waals surface area (Å²) in [5.74, 6) is 0.0991. The standard InChI is InChI=1S/C14H27NO2/c1-16-14(17-2)9-8-13(6-3-4-7-13)11-12(14)5-10-15/h12H,3-11,15H2,1-2H3. The zero-order valence-corrected chi connectivity index (χ0v) is 11.3. The summed E-state index contributed by atoms with van der Waals surface area (Å²) < 4.78 is 11.4. The van der Waals surface area contributed by atoms with Crippen LogP contribution in [0.1, 0.15) is 51.4 Å². The zero-order chi connectivity index (χ0) is 12.4. The van der Waals surface area contributed by atoms with Gasteiger partial charge in [-0.3, -0.25) is 0 Å². The molecule has 0 amide bonds. The molecule has 0 bridgehead atoms. The minimum Gasteiger partial charge on any atom is -0.353 e. The van der Waals surface area contributed by atoms with Crippen molar-refractivity contribution in [1.82, 2.24) is 0 Å². The third-order valence-electron chi connectivity index (χ3n) is 5.18. The van der Waals surface area contributed by atoms with E-state index in [-0.39, 0.29) is 5.79 Å². The largest absolute Gasteiger partial charge is 0.353 e. The highest BCUT2D eigenvalue weighted by atomic mass is 16.7. The van der Waals surface area contributed by atoms with Gasteiger partial charge in [0, 0.05) is 26.6 Å². The molecule has 2 rings (SSSR count). The van der Waals surface area contributed by atoms with Crippen LogP contribution in [0, 0.1) is 11.3 Å². The van der Waals surface area contributed by atoms with Crippen molar-refractivity contribution in [3.63, 3.8) is 0 Å². The van der Waals surface area contributed by atoms with Gasteiger partial charge in [-0.15, -0.1) is 0 Å². The fourth-order valence-corrected chi connectivity index (χ4v) is 4.15. The van der Waals surface area contributed by atoms with Gasteiger partial charge in [-0.1, -0.05) is 12.8 Å². The molecule has 0 saturated heterocycles. The van der Waals surface area contributed by atoms with E-state index in [2.05, 4.69) is 0 Å². The van der Waals surface area contributed by atoms with Gasteiger partial charge in [-0.2, -0.15) is 0 Å². The Morgan fingerprint density at radius 3 is 2.24 bits per heavy atom. The van der Waals surface area contributed by atoms with E-state index in [1.165, 1.54) is 38.5 Å². The van der Waals surface area contributed by atoms with Crippen LogP contribution in [0.2, 0.25) is 0 Å². The Bertz CT molecular complexity index is 245. The fraction of sp³-hybridized carbons (Fsp3) is 1.00. The van der Waals surface area contributed by atoms with Gasteiger partial charge < -0.3 is 15.2 Å². The molecule has 0 radical (unpaired) electrons. The Kier molecular flexibility index (Phi) is 4.11. The summed E-state index contributed by atoms with van der Waals surface area (Å²) in [6, 6.07) is 0. The first kappa shape index (κ1) is 13.3. The predicted octanol–water partition coefficient (Wildman–Crippen LogP) is 2.68. The lowest BCUT2D eigenvalue weighted by atomic mass is 9.65. The Hall–Kier alpha value is -0.120. The summed E-state index contributed by atoms with van der Waals surface area (Å²) in [6.07, 6.45) is 10.2. The minimum atomic E-state index is -0.368. The maximum atomic E-state index is 5.77. The molecule has 1 unspecified atom stereocenters. The van der Waals surface area contributed by atoms with Crippen LogP contribution < -0.4 is 5.73 Å². The third kappa shape index (κ3) is 2.38. The van der Waals surface area contributed by atoms with Gasteiger partial charge in [-0.25, -0.2) is 0 Å². The normalized spacial score (nSPS) is 30.9. The molecule has 2 aliphatic rings. The summed E-state index contributed by atoms with van der Waals surface area (Å²) >= 11 is 0. The van der Waals surface area contributed by atoms with E-state index in [0.29, 0.717) is 11.3 Å². The highest BCUT2D eigenvalue weighted by Crippen LogP contribution is 2.55. The molecule has 2 N–H and O–H groups in total. The second kappa shape index (κ2) is 5.25. The third-order valence-corrected chi connectivity index (χ3v) is 5.18. The van der Waals surface area contributed by atoms with Gasteiger partial charge in [0.2, 0.25) is 0 Å². The van der Waals surface area contributed by atoms with Crippen molar-refractivity contribution in [3.8, 4) is 0 Å². The van der Waals surface area contributed by atoms with E-state index in [9.17, 15) is 0 Å². The van der Waals surface area contributed by atoms with Crippen LogP contribution in [0.15, 0.2) is 0 Å². The molecule has 0 aromatic heterocycles. The molecule has 0 aromatic rings. The Morgan fingerprint density at radius 2 is 1.71 bits per heavy atom. The molecule has 0 aromatic carbocycles. The first-order chi connectivity index (χ1) is 8.20. The van der Waals surface area contributed by atoms with Crippen molar-refractivity contribution in [2.45, 2.75) is 57.2 Å². The second-order valence-electron chi connectivity index (χ2n) is 5.91. The summed E-state index contributed by atoms with van der Waals surface area (Å²) in [7, 11) is 3.55. The summed E-state index contributed by atoms with van der Waals surface area (Å²) in [4.78, 5) is 0. The summed E-state index contributed by atoms with van der Waals surface area (Å²) in [5, 5.41) is 0. The number of hydrogen-bond acceptors (Lipinski definition) is 3. The molecule has 17 heavy (non-hydrogen) atoms. The average Bonchev–Trinajstić information content (AvgIpc) is 2.80. The minimum absolute atomic E-state index is 0.368. The molecule has 1 spiro atoms. The molecule has 100 valence electrons. The molecule has 0 heterocycles. The average molecular weight is 241 g/mol. The SMILES string of the molecule is COC1(OC)CCC2(CCCC2)CC1CCN. The predicted molar refractivity (Wildman–Crippen MR) is 68.7 cm³/mol. The molecule has 1 atom stereocenters. The maximum absolute atomic E-state index is 5.77. The van der Waals surface area contributed by atoms with Gasteiger partial charge in [0.1, 0.15) is 0 Å². The van der Waals surface area contributed by atoms with Crippen molar-refractivity contribution < 1.29 is 9.47 Å². The number of nitrogens with two attached hydrogens (primary N) is 1. The number of rotatable bonds is 4. The topological polar surface area (TPSA) is 44.5 Å². The molecule has 3 heteroatoms. The highest BCUT2D eigenvalue weighted by molar-refractivity contribution is 4.97. The lowest BCUT2D eigenvalue weighted by Gasteiger charge is -2.49. The van der Waals surface area contributed by atoms with E-state index in [1.54, 1.807) is 14.2 Å². The van der Waals surface area contributed by atoms with Crippen molar-refractivity contribution in [3.05, 3.63) is 0 Å². The van der Waals surface area contributed by atoms with Crippen LogP contribution in [-0.2, 0) is 9.47 Å². The van der Waals surface area contributed by atoms with Crippen molar-refractivity contribution in [1.29, 1.82) is 0 Å². The van der Waals surface area contributed by atoms with Gasteiger partial charge in [0.25, 0.3) is 0 Å². The van der Waals surface area contributed by atoms with Crippen LogP contribution in [0.5, 0.6) is 0 Å². The monoisotopic (exact) mass is 241 g/mol. The number of methoxy groups -OCH3 is 2. The fourth-order valence-electron chi connectivity index (χ4n) is 4.15. The molecular formula is C14H27NO2. The van der Waals surface area contributed by atoms with Crippen molar-refractivity contribution in [2.24, 2.45) is 17.1 Å². The van der Waals surface area contributed by atoms with Crippen LogP contribution in [0.3, 0.4) is 0 Å². The number of ether oxygens (including phenoxy) is 2. The Morgan fingerprint density at radius 1 is 1.06 bits per heavy atom. The quantitative estimate of drug-likeness (QED) is 0.770. The lowest BCUT2D eigenvalue weighted by molar-refractivity contribution is -0.267. The first-order valence-electron chi connectivity index (χ1n) is 7.01. The molecule has 2 fully saturated rings. The van der Waals surface area contributed by atoms with Crippen LogP contribution in [0.25, 0.3) is 0 Å². The smallest absolute Gasteiger partial charge is 0.170 e. The van der Waals surface area contributed by atoms with E-state index in [4.69, 9.17) is 15.2 Å². The maximum Gasteiger partial charge on any atom is 0.170 e. The van der Waals surface area contributed by atoms with E-state index in [0.717, 1.165) is 19.4 Å². The molecule has 2 saturated carbocycles. The number of hydrogen-bond donors (Lipinski definition) is 1. The first-order valence-corrected chi connectivity index (χ1v) is 7.01. The van der Waals surface area contributed by atoms with Gasteiger partial charge in [0.05, 0.1) is 0 Å². The van der Waals surface area contributed by atoms with E-state index < -0.39 is 0 Å². The van der Waals surface area contributed by atoms with Crippen LogP contribution >= 0.6 is 0 Å². The van der Waals surface area contributed by atoms with Crippen molar-refractivity contribution in [2.75, 3.05) is 20.8 Å². The highest BCUT2D eigenvalue weighted by Gasteiger charge is 2.50. The molecule has 0 aliphatic heterocycles. The molecular weight excluding hydrogens is 214 g/mol. The second-order valence-corrected chi connectivity index (χ2v) is 5.91.